The van der Waals surface area contributed by atoms with E-state index >= 15 is 0 Å². The molecule has 5 rings (SSSR count). The molecule has 0 saturated heterocycles. The van der Waals surface area contributed by atoms with Crippen LogP contribution in [0.1, 0.15) is 22.3 Å². The minimum atomic E-state index is -0.390. The van der Waals surface area contributed by atoms with Crippen LogP contribution in [0.25, 0.3) is 11.1 Å². The molecule has 5 aromatic carbocycles. The van der Waals surface area contributed by atoms with Gasteiger partial charge in [-0.05, 0) is 33.4 Å². The zero-order valence-electron chi connectivity index (χ0n) is 17.4. The largest absolute Gasteiger partial charge is 0.0701 e. The molecule has 0 nitrogen and oxygen atoms in total. The van der Waals surface area contributed by atoms with Gasteiger partial charge >= 0.3 is 0 Å². The van der Waals surface area contributed by atoms with Crippen molar-refractivity contribution >= 4 is 0 Å². The van der Waals surface area contributed by atoms with E-state index in [4.69, 9.17) is 0 Å². The summed E-state index contributed by atoms with van der Waals surface area (Å²) in [5.74, 6) is 0. The molecule has 0 aliphatic carbocycles. The lowest BCUT2D eigenvalue weighted by molar-refractivity contribution is 0.745. The molecule has 0 atom stereocenters. The molecule has 0 aliphatic heterocycles. The second-order valence-electron chi connectivity index (χ2n) is 7.79. The highest BCUT2D eigenvalue weighted by atomic mass is 14.4. The average Bonchev–Trinajstić information content (AvgIpc) is 2.88. The molecule has 5 aromatic rings. The van der Waals surface area contributed by atoms with Gasteiger partial charge in [-0.3, -0.25) is 0 Å². The fraction of sp³-hybridized carbons (Fsp3) is 0.0323. The molecule has 0 heteroatoms. The molecule has 0 amide bonds. The van der Waals surface area contributed by atoms with Gasteiger partial charge in [0.15, 0.2) is 0 Å². The van der Waals surface area contributed by atoms with Crippen LogP contribution in [0.4, 0.5) is 0 Å². The monoisotopic (exact) mass is 396 g/mol. The van der Waals surface area contributed by atoms with Crippen molar-refractivity contribution in [1.29, 1.82) is 0 Å². The van der Waals surface area contributed by atoms with Crippen molar-refractivity contribution in [2.75, 3.05) is 0 Å². The van der Waals surface area contributed by atoms with Gasteiger partial charge in [0.25, 0.3) is 0 Å². The van der Waals surface area contributed by atoms with Crippen LogP contribution in [0.3, 0.4) is 0 Å². The van der Waals surface area contributed by atoms with Crippen LogP contribution in [0.15, 0.2) is 146 Å². The van der Waals surface area contributed by atoms with Crippen molar-refractivity contribution in [2.45, 2.75) is 5.41 Å². The fourth-order valence-corrected chi connectivity index (χ4v) is 4.61. The Bertz CT molecular complexity index is 1130. The Labute approximate surface area is 184 Å². The Balaban J connectivity index is 1.78. The van der Waals surface area contributed by atoms with Gasteiger partial charge in [0.1, 0.15) is 0 Å². The molecule has 0 aromatic heterocycles. The minimum absolute atomic E-state index is 0.390. The smallest absolute Gasteiger partial charge is 0.0622 e. The first-order valence-corrected chi connectivity index (χ1v) is 10.7. The van der Waals surface area contributed by atoms with Gasteiger partial charge in [-0.15, -0.1) is 0 Å². The third-order valence-corrected chi connectivity index (χ3v) is 6.05. The summed E-state index contributed by atoms with van der Waals surface area (Å²) >= 11 is 0. The fourth-order valence-electron chi connectivity index (χ4n) is 4.61. The lowest BCUT2D eigenvalue weighted by atomic mass is 9.65. The maximum atomic E-state index is 2.29. The van der Waals surface area contributed by atoms with Crippen LogP contribution in [-0.4, -0.2) is 0 Å². The second kappa shape index (κ2) is 8.45. The lowest BCUT2D eigenvalue weighted by Crippen LogP contribution is -2.30. The van der Waals surface area contributed by atoms with Gasteiger partial charge in [-0.25, -0.2) is 0 Å². The summed E-state index contributed by atoms with van der Waals surface area (Å²) < 4.78 is 0. The van der Waals surface area contributed by atoms with Crippen molar-refractivity contribution in [2.24, 2.45) is 0 Å². The molecule has 0 spiro atoms. The highest BCUT2D eigenvalue weighted by molar-refractivity contribution is 5.66. The van der Waals surface area contributed by atoms with Crippen molar-refractivity contribution in [3.63, 3.8) is 0 Å². The van der Waals surface area contributed by atoms with E-state index in [0.717, 1.165) is 0 Å². The predicted molar refractivity (Wildman–Crippen MR) is 130 cm³/mol. The number of hydrogen-bond acceptors (Lipinski definition) is 0. The number of hydrogen-bond donors (Lipinski definition) is 0. The summed E-state index contributed by atoms with van der Waals surface area (Å²) in [7, 11) is 0. The first kappa shape index (κ1) is 19.1. The first-order valence-electron chi connectivity index (χ1n) is 10.7. The van der Waals surface area contributed by atoms with Gasteiger partial charge in [0, 0.05) is 0 Å². The van der Waals surface area contributed by atoms with E-state index in [1.54, 1.807) is 0 Å². The Morgan fingerprint density at radius 3 is 0.935 bits per heavy atom. The molecule has 0 fully saturated rings. The minimum Gasteiger partial charge on any atom is -0.0622 e. The normalized spacial score (nSPS) is 11.2. The SMILES string of the molecule is c1ccc(-c2ccc(C(c3ccccc3)(c3ccccc3)c3ccccc3)cc2)cc1. The molecule has 0 bridgehead atoms. The standard InChI is InChI=1S/C31H24/c1-5-13-25(14-6-1)26-21-23-30(24-22-26)31(27-15-7-2-8-16-27,28-17-9-3-10-18-28)29-19-11-4-12-20-29/h1-24H. The van der Waals surface area contributed by atoms with E-state index in [9.17, 15) is 0 Å². The van der Waals surface area contributed by atoms with Crippen molar-refractivity contribution in [1.82, 2.24) is 0 Å². The van der Waals surface area contributed by atoms with Gasteiger partial charge < -0.3 is 0 Å². The highest BCUT2D eigenvalue weighted by Crippen LogP contribution is 2.45. The molecule has 0 N–H and O–H groups in total. The Hall–Kier alpha value is -3.90. The Morgan fingerprint density at radius 2 is 0.548 bits per heavy atom. The molecule has 0 saturated carbocycles. The van der Waals surface area contributed by atoms with Crippen molar-refractivity contribution in [3.05, 3.63) is 168 Å². The quantitative estimate of drug-likeness (QED) is 0.267. The lowest BCUT2D eigenvalue weighted by Gasteiger charge is -2.37. The Morgan fingerprint density at radius 1 is 0.258 bits per heavy atom. The van der Waals surface area contributed by atoms with Crippen LogP contribution in [0, 0.1) is 0 Å². The highest BCUT2D eigenvalue weighted by Gasteiger charge is 2.37. The molecule has 0 radical (unpaired) electrons. The zero-order valence-corrected chi connectivity index (χ0v) is 17.4. The van der Waals surface area contributed by atoms with E-state index in [1.807, 2.05) is 0 Å². The van der Waals surface area contributed by atoms with Crippen LogP contribution >= 0.6 is 0 Å². The van der Waals surface area contributed by atoms with E-state index in [1.165, 1.54) is 33.4 Å². The van der Waals surface area contributed by atoms with Gasteiger partial charge in [-0.2, -0.15) is 0 Å². The molecule has 148 valence electrons. The van der Waals surface area contributed by atoms with Crippen LogP contribution in [0.5, 0.6) is 0 Å². The van der Waals surface area contributed by atoms with E-state index in [0.29, 0.717) is 0 Å². The average molecular weight is 397 g/mol. The Kier molecular flexibility index (Phi) is 5.21. The third-order valence-electron chi connectivity index (χ3n) is 6.05. The first-order chi connectivity index (χ1) is 15.4. The van der Waals surface area contributed by atoms with Crippen molar-refractivity contribution in [3.8, 4) is 11.1 Å². The maximum Gasteiger partial charge on any atom is 0.0701 e. The molecular weight excluding hydrogens is 372 g/mol. The summed E-state index contributed by atoms with van der Waals surface area (Å²) in [6.07, 6.45) is 0. The molecule has 0 unspecified atom stereocenters. The zero-order chi connectivity index (χ0) is 20.9. The summed E-state index contributed by atoms with van der Waals surface area (Å²) in [4.78, 5) is 0. The van der Waals surface area contributed by atoms with Gasteiger partial charge in [0.2, 0.25) is 0 Å². The van der Waals surface area contributed by atoms with E-state index < -0.39 is 0 Å². The molecule has 0 aliphatic rings. The topological polar surface area (TPSA) is 0 Å². The summed E-state index contributed by atoms with van der Waals surface area (Å²) in [5, 5.41) is 0. The van der Waals surface area contributed by atoms with E-state index in [-0.39, 0.29) is 5.41 Å². The van der Waals surface area contributed by atoms with Crippen LogP contribution in [-0.2, 0) is 5.41 Å². The maximum absolute atomic E-state index is 2.29. The summed E-state index contributed by atoms with van der Waals surface area (Å²) in [6.45, 7) is 0. The summed E-state index contributed by atoms with van der Waals surface area (Å²) in [6, 6.07) is 52.1. The van der Waals surface area contributed by atoms with Crippen LogP contribution in [0.2, 0.25) is 0 Å². The summed E-state index contributed by atoms with van der Waals surface area (Å²) in [5.41, 5.74) is 7.13. The molecular formula is C31H24. The molecule has 0 heterocycles. The van der Waals surface area contributed by atoms with Gasteiger partial charge in [-0.1, -0.05) is 146 Å². The van der Waals surface area contributed by atoms with Crippen LogP contribution < -0.4 is 0 Å². The molecule has 31 heavy (non-hydrogen) atoms. The number of rotatable bonds is 5. The number of benzene rings is 5. The third kappa shape index (κ3) is 3.47. The predicted octanol–water partition coefficient (Wildman–Crippen LogP) is 7.74. The van der Waals surface area contributed by atoms with Crippen molar-refractivity contribution < 1.29 is 0 Å². The second-order valence-corrected chi connectivity index (χ2v) is 7.79. The van der Waals surface area contributed by atoms with E-state index in [2.05, 4.69) is 146 Å². The van der Waals surface area contributed by atoms with Gasteiger partial charge in [0.05, 0.1) is 5.41 Å².